The minimum atomic E-state index is -0.148. The highest BCUT2D eigenvalue weighted by atomic mass is 32.1. The SMILES string of the molecule is Cc1ncccc1C(=S)Nc1ccc(C(=O)N2Cc3cccnc3Nc3ccccc32)cn1. The van der Waals surface area contributed by atoms with Crippen molar-refractivity contribution in [3.63, 3.8) is 0 Å². The molecule has 0 saturated heterocycles. The first-order valence-electron chi connectivity index (χ1n) is 10.4. The largest absolute Gasteiger partial charge is 0.338 e. The first-order valence-corrected chi connectivity index (χ1v) is 10.8. The fourth-order valence-corrected chi connectivity index (χ4v) is 4.04. The van der Waals surface area contributed by atoms with Crippen molar-refractivity contribution < 1.29 is 4.79 Å². The smallest absolute Gasteiger partial charge is 0.260 e. The Hall–Kier alpha value is -4.17. The summed E-state index contributed by atoms with van der Waals surface area (Å²) in [5.41, 5.74) is 4.71. The lowest BCUT2D eigenvalue weighted by Gasteiger charge is -2.22. The molecule has 0 bridgehead atoms. The molecule has 2 N–H and O–H groups in total. The Kier molecular flexibility index (Phi) is 5.50. The highest BCUT2D eigenvalue weighted by Crippen LogP contribution is 2.35. The van der Waals surface area contributed by atoms with Gasteiger partial charge < -0.3 is 15.5 Å². The van der Waals surface area contributed by atoms with Crippen molar-refractivity contribution in [2.75, 3.05) is 15.5 Å². The second kappa shape index (κ2) is 8.76. The van der Waals surface area contributed by atoms with Crippen LogP contribution < -0.4 is 15.5 Å². The summed E-state index contributed by atoms with van der Waals surface area (Å²) in [4.78, 5) is 28.9. The van der Waals surface area contributed by atoms with Crippen LogP contribution in [-0.4, -0.2) is 25.8 Å². The van der Waals surface area contributed by atoms with Gasteiger partial charge in [0.2, 0.25) is 0 Å². The van der Waals surface area contributed by atoms with Gasteiger partial charge in [0.05, 0.1) is 23.5 Å². The monoisotopic (exact) mass is 452 g/mol. The number of benzene rings is 1. The second-order valence-corrected chi connectivity index (χ2v) is 7.98. The third-order valence-electron chi connectivity index (χ3n) is 5.42. The molecule has 0 unspecified atom stereocenters. The highest BCUT2D eigenvalue weighted by Gasteiger charge is 2.25. The number of nitrogens with one attached hydrogen (secondary N) is 2. The number of hydrogen-bond donors (Lipinski definition) is 2. The average molecular weight is 453 g/mol. The highest BCUT2D eigenvalue weighted by molar-refractivity contribution is 7.81. The summed E-state index contributed by atoms with van der Waals surface area (Å²) in [6.07, 6.45) is 5.03. The Balaban J connectivity index is 1.40. The molecule has 7 nitrogen and oxygen atoms in total. The van der Waals surface area contributed by atoms with Gasteiger partial charge in [-0.3, -0.25) is 9.78 Å². The molecule has 4 aromatic rings. The Bertz CT molecular complexity index is 1360. The number of thiocarbonyl (C=S) groups is 1. The van der Waals surface area contributed by atoms with E-state index in [1.807, 2.05) is 55.5 Å². The quantitative estimate of drug-likeness (QED) is 0.429. The normalized spacial score (nSPS) is 12.1. The van der Waals surface area contributed by atoms with E-state index in [0.29, 0.717) is 22.9 Å². The third kappa shape index (κ3) is 4.16. The van der Waals surface area contributed by atoms with Crippen molar-refractivity contribution in [3.05, 3.63) is 102 Å². The molecule has 4 heterocycles. The zero-order chi connectivity index (χ0) is 22.8. The zero-order valence-corrected chi connectivity index (χ0v) is 18.6. The van der Waals surface area contributed by atoms with Crippen LogP contribution in [0.15, 0.2) is 79.3 Å². The molecule has 33 heavy (non-hydrogen) atoms. The topological polar surface area (TPSA) is 83.0 Å². The zero-order valence-electron chi connectivity index (χ0n) is 17.8. The van der Waals surface area contributed by atoms with E-state index in [4.69, 9.17) is 12.2 Å². The molecule has 162 valence electrons. The van der Waals surface area contributed by atoms with Gasteiger partial charge in [-0.05, 0) is 49.4 Å². The van der Waals surface area contributed by atoms with E-state index in [1.165, 1.54) is 0 Å². The molecule has 0 radical (unpaired) electrons. The number of pyridine rings is 3. The molecule has 1 aromatic carbocycles. The number of para-hydroxylation sites is 2. The number of rotatable bonds is 3. The van der Waals surface area contributed by atoms with Gasteiger partial charge in [0.1, 0.15) is 16.6 Å². The number of carbonyl (C=O) groups excluding carboxylic acids is 1. The number of anilines is 4. The van der Waals surface area contributed by atoms with Gasteiger partial charge in [0, 0.05) is 35.4 Å². The summed E-state index contributed by atoms with van der Waals surface area (Å²) in [5.74, 6) is 1.16. The van der Waals surface area contributed by atoms with Gasteiger partial charge in [0.15, 0.2) is 0 Å². The number of amides is 1. The van der Waals surface area contributed by atoms with Gasteiger partial charge >= 0.3 is 0 Å². The van der Waals surface area contributed by atoms with Gasteiger partial charge in [0.25, 0.3) is 5.91 Å². The molecule has 1 aliphatic heterocycles. The van der Waals surface area contributed by atoms with Crippen LogP contribution in [0.1, 0.15) is 27.2 Å². The lowest BCUT2D eigenvalue weighted by molar-refractivity contribution is 0.0985. The second-order valence-electron chi connectivity index (χ2n) is 7.57. The number of fused-ring (bicyclic) bond motifs is 2. The summed E-state index contributed by atoms with van der Waals surface area (Å²) in [5, 5.41) is 6.46. The van der Waals surface area contributed by atoms with Gasteiger partial charge in [-0.2, -0.15) is 0 Å². The van der Waals surface area contributed by atoms with Crippen molar-refractivity contribution in [1.82, 2.24) is 15.0 Å². The van der Waals surface area contributed by atoms with Gasteiger partial charge in [-0.25, -0.2) is 9.97 Å². The summed E-state index contributed by atoms with van der Waals surface area (Å²) in [6, 6.07) is 18.8. The van der Waals surface area contributed by atoms with Crippen LogP contribution in [0.4, 0.5) is 23.0 Å². The lowest BCUT2D eigenvalue weighted by atomic mass is 10.1. The summed E-state index contributed by atoms with van der Waals surface area (Å²) in [6.45, 7) is 2.30. The number of aromatic nitrogens is 3. The molecular weight excluding hydrogens is 432 g/mol. The van der Waals surface area contributed by atoms with E-state index in [1.54, 1.807) is 35.6 Å². The molecular formula is C25H20N6OS. The minimum Gasteiger partial charge on any atom is -0.338 e. The van der Waals surface area contributed by atoms with E-state index in [-0.39, 0.29) is 5.91 Å². The molecule has 0 aliphatic carbocycles. The van der Waals surface area contributed by atoms with Crippen molar-refractivity contribution in [2.24, 2.45) is 0 Å². The third-order valence-corrected chi connectivity index (χ3v) is 5.74. The van der Waals surface area contributed by atoms with Crippen molar-refractivity contribution in [2.45, 2.75) is 13.5 Å². The van der Waals surface area contributed by atoms with Crippen LogP contribution >= 0.6 is 12.2 Å². The maximum atomic E-state index is 13.5. The fourth-order valence-electron chi connectivity index (χ4n) is 3.72. The van der Waals surface area contributed by atoms with E-state index in [2.05, 4.69) is 25.6 Å². The molecule has 1 amide bonds. The molecule has 3 aromatic heterocycles. The summed E-state index contributed by atoms with van der Waals surface area (Å²) in [7, 11) is 0. The van der Waals surface area contributed by atoms with E-state index >= 15 is 0 Å². The van der Waals surface area contributed by atoms with Crippen LogP contribution in [0.5, 0.6) is 0 Å². The number of nitrogens with zero attached hydrogens (tertiary/aromatic N) is 4. The Morgan fingerprint density at radius 3 is 2.64 bits per heavy atom. The Labute approximate surface area is 196 Å². The first-order chi connectivity index (χ1) is 16.1. The lowest BCUT2D eigenvalue weighted by Crippen LogP contribution is -2.30. The van der Waals surface area contributed by atoms with Gasteiger partial charge in [-0.15, -0.1) is 0 Å². The predicted molar refractivity (Wildman–Crippen MR) is 133 cm³/mol. The standard InChI is InChI=1S/C25H20N6OS/c1-16-19(7-5-12-26-16)24(33)30-22-11-10-17(14-28-22)25(32)31-15-18-6-4-13-27-23(18)29-20-8-2-3-9-21(20)31/h2-14H,15H2,1H3,(H,27,29)(H,28,30,33). The van der Waals surface area contributed by atoms with Crippen LogP contribution in [0.25, 0.3) is 0 Å². The minimum absolute atomic E-state index is 0.148. The molecule has 0 atom stereocenters. The molecule has 0 spiro atoms. The first kappa shape index (κ1) is 20.7. The average Bonchev–Trinajstić information content (AvgIpc) is 3.01. The van der Waals surface area contributed by atoms with Crippen molar-refractivity contribution in [1.29, 1.82) is 0 Å². The maximum absolute atomic E-state index is 13.5. The fraction of sp³-hybridized carbons (Fsp3) is 0.0800. The molecule has 5 rings (SSSR count). The van der Waals surface area contributed by atoms with Crippen LogP contribution in [-0.2, 0) is 6.54 Å². The van der Waals surface area contributed by atoms with Gasteiger partial charge in [-0.1, -0.05) is 30.4 Å². The van der Waals surface area contributed by atoms with E-state index < -0.39 is 0 Å². The number of hydrogen-bond acceptors (Lipinski definition) is 6. The van der Waals surface area contributed by atoms with E-state index in [0.717, 1.165) is 34.0 Å². The van der Waals surface area contributed by atoms with Crippen molar-refractivity contribution in [3.8, 4) is 0 Å². The van der Waals surface area contributed by atoms with Crippen LogP contribution in [0.2, 0.25) is 0 Å². The summed E-state index contributed by atoms with van der Waals surface area (Å²) >= 11 is 5.49. The van der Waals surface area contributed by atoms with E-state index in [9.17, 15) is 4.79 Å². The summed E-state index contributed by atoms with van der Waals surface area (Å²) < 4.78 is 0. The maximum Gasteiger partial charge on any atom is 0.260 e. The molecule has 1 aliphatic rings. The molecule has 8 heteroatoms. The predicted octanol–water partition coefficient (Wildman–Crippen LogP) is 4.87. The number of carbonyl (C=O) groups is 1. The number of aryl methyl sites for hydroxylation is 1. The van der Waals surface area contributed by atoms with Crippen molar-refractivity contribution >= 4 is 46.1 Å². The Morgan fingerprint density at radius 2 is 1.82 bits per heavy atom. The molecule has 0 fully saturated rings. The molecule has 0 saturated carbocycles. The van der Waals surface area contributed by atoms with Crippen LogP contribution in [0.3, 0.4) is 0 Å². The van der Waals surface area contributed by atoms with Crippen LogP contribution in [0, 0.1) is 6.92 Å². The Morgan fingerprint density at radius 1 is 1.00 bits per heavy atom.